The van der Waals surface area contributed by atoms with Crippen LogP contribution in [0, 0.1) is 13.8 Å². The Morgan fingerprint density at radius 1 is 1.12 bits per heavy atom. The van der Waals surface area contributed by atoms with Crippen LogP contribution in [0.4, 0.5) is 5.95 Å². The van der Waals surface area contributed by atoms with Crippen molar-refractivity contribution >= 4 is 49.8 Å². The number of imidazole rings is 1. The summed E-state index contributed by atoms with van der Waals surface area (Å²) in [6, 6.07) is 15.8. The lowest BCUT2D eigenvalue weighted by Gasteiger charge is -2.11. The summed E-state index contributed by atoms with van der Waals surface area (Å²) in [7, 11) is 0. The van der Waals surface area contributed by atoms with Crippen LogP contribution < -0.4 is 5.32 Å². The maximum absolute atomic E-state index is 13.2. The second-order valence-corrected chi connectivity index (χ2v) is 8.71. The minimum atomic E-state index is -0.237. The minimum absolute atomic E-state index is 0.237. The van der Waals surface area contributed by atoms with E-state index < -0.39 is 0 Å². The molecule has 3 aromatic heterocycles. The molecule has 32 heavy (non-hydrogen) atoms. The fourth-order valence-corrected chi connectivity index (χ4v) is 4.29. The molecular formula is C24H22BrN5O2. The molecule has 162 valence electrons. The Kier molecular flexibility index (Phi) is 5.09. The molecule has 0 saturated heterocycles. The first-order chi connectivity index (χ1) is 15.4. The highest BCUT2D eigenvalue weighted by Gasteiger charge is 2.20. The summed E-state index contributed by atoms with van der Waals surface area (Å²) in [4.78, 5) is 17.9. The van der Waals surface area contributed by atoms with E-state index in [4.69, 9.17) is 9.40 Å². The van der Waals surface area contributed by atoms with E-state index in [9.17, 15) is 4.79 Å². The SMILES string of the molecule is CCn1nc(C)cc1C(=O)Nc1nc2ccc3oc(C)cc3c2n1Cc1ccc(Br)cc1. The number of hydrogen-bond acceptors (Lipinski definition) is 4. The van der Waals surface area contributed by atoms with Crippen molar-refractivity contribution in [1.82, 2.24) is 19.3 Å². The molecule has 1 amide bonds. The van der Waals surface area contributed by atoms with Crippen molar-refractivity contribution in [3.05, 3.63) is 75.7 Å². The molecule has 0 unspecified atom stereocenters. The van der Waals surface area contributed by atoms with Gasteiger partial charge in [-0.25, -0.2) is 4.98 Å². The van der Waals surface area contributed by atoms with E-state index in [1.807, 2.05) is 55.7 Å². The molecule has 0 radical (unpaired) electrons. The van der Waals surface area contributed by atoms with Gasteiger partial charge in [-0.15, -0.1) is 0 Å². The van der Waals surface area contributed by atoms with Crippen LogP contribution in [0.1, 0.15) is 34.4 Å². The lowest BCUT2D eigenvalue weighted by atomic mass is 10.2. The lowest BCUT2D eigenvalue weighted by Crippen LogP contribution is -2.20. The summed E-state index contributed by atoms with van der Waals surface area (Å²) in [5, 5.41) is 8.38. The van der Waals surface area contributed by atoms with E-state index in [2.05, 4.69) is 38.5 Å². The first-order valence-electron chi connectivity index (χ1n) is 10.4. The monoisotopic (exact) mass is 491 g/mol. The Labute approximate surface area is 193 Å². The summed E-state index contributed by atoms with van der Waals surface area (Å²) >= 11 is 3.49. The van der Waals surface area contributed by atoms with Crippen molar-refractivity contribution in [2.75, 3.05) is 5.32 Å². The fourth-order valence-electron chi connectivity index (χ4n) is 4.02. The highest BCUT2D eigenvalue weighted by molar-refractivity contribution is 9.10. The number of anilines is 1. The molecule has 0 aliphatic rings. The van der Waals surface area contributed by atoms with Gasteiger partial charge >= 0.3 is 0 Å². The van der Waals surface area contributed by atoms with E-state index in [0.717, 1.165) is 43.5 Å². The van der Waals surface area contributed by atoms with Gasteiger partial charge in [-0.2, -0.15) is 5.10 Å². The van der Waals surface area contributed by atoms with Gasteiger partial charge in [0.2, 0.25) is 5.95 Å². The number of aromatic nitrogens is 4. The quantitative estimate of drug-likeness (QED) is 0.343. The molecule has 0 saturated carbocycles. The predicted octanol–water partition coefficient (Wildman–Crippen LogP) is 5.68. The summed E-state index contributed by atoms with van der Waals surface area (Å²) in [6.07, 6.45) is 0. The van der Waals surface area contributed by atoms with E-state index in [1.165, 1.54) is 0 Å². The molecule has 0 aliphatic carbocycles. The zero-order chi connectivity index (χ0) is 22.4. The topological polar surface area (TPSA) is 77.9 Å². The molecule has 3 heterocycles. The van der Waals surface area contributed by atoms with Crippen molar-refractivity contribution < 1.29 is 9.21 Å². The van der Waals surface area contributed by atoms with E-state index in [1.54, 1.807) is 10.7 Å². The number of rotatable bonds is 5. The van der Waals surface area contributed by atoms with E-state index in [-0.39, 0.29) is 5.91 Å². The van der Waals surface area contributed by atoms with E-state index in [0.29, 0.717) is 24.7 Å². The standard InChI is InChI=1S/C24H22BrN5O2/c1-4-30-20(11-14(2)28-30)23(31)27-24-26-19-9-10-21-18(12-15(3)32-21)22(19)29(24)13-16-5-7-17(25)8-6-16/h5-12H,4,13H2,1-3H3,(H,26,27,31). The van der Waals surface area contributed by atoms with Crippen molar-refractivity contribution in [2.45, 2.75) is 33.9 Å². The maximum Gasteiger partial charge on any atom is 0.276 e. The average Bonchev–Trinajstić information content (AvgIpc) is 3.43. The molecule has 0 fully saturated rings. The number of furan rings is 1. The van der Waals surface area contributed by atoms with Gasteiger partial charge in [0.1, 0.15) is 17.0 Å². The molecule has 7 nitrogen and oxygen atoms in total. The smallest absolute Gasteiger partial charge is 0.276 e. The molecule has 5 rings (SSSR count). The number of nitrogens with zero attached hydrogens (tertiary/aromatic N) is 4. The average molecular weight is 492 g/mol. The van der Waals surface area contributed by atoms with Crippen LogP contribution in [0.25, 0.3) is 22.0 Å². The Morgan fingerprint density at radius 3 is 2.66 bits per heavy atom. The molecule has 0 aliphatic heterocycles. The van der Waals surface area contributed by atoms with Gasteiger partial charge in [0.05, 0.1) is 23.3 Å². The van der Waals surface area contributed by atoms with Crippen LogP contribution in [0.3, 0.4) is 0 Å². The van der Waals surface area contributed by atoms with Crippen LogP contribution in [-0.4, -0.2) is 25.2 Å². The van der Waals surface area contributed by atoms with Crippen molar-refractivity contribution in [3.63, 3.8) is 0 Å². The van der Waals surface area contributed by atoms with Gasteiger partial charge in [0.25, 0.3) is 5.91 Å². The molecule has 1 N–H and O–H groups in total. The maximum atomic E-state index is 13.2. The third-order valence-corrected chi connectivity index (χ3v) is 5.97. The number of hydrogen-bond donors (Lipinski definition) is 1. The number of aryl methyl sites for hydroxylation is 3. The highest BCUT2D eigenvalue weighted by Crippen LogP contribution is 2.31. The summed E-state index contributed by atoms with van der Waals surface area (Å²) in [6.45, 7) is 6.93. The number of carbonyl (C=O) groups is 1. The third-order valence-electron chi connectivity index (χ3n) is 5.44. The first-order valence-corrected chi connectivity index (χ1v) is 11.2. The van der Waals surface area contributed by atoms with Gasteiger partial charge in [-0.05, 0) is 62.7 Å². The number of carbonyl (C=O) groups excluding carboxylic acids is 1. The lowest BCUT2D eigenvalue weighted by molar-refractivity contribution is 0.101. The number of benzene rings is 2. The summed E-state index contributed by atoms with van der Waals surface area (Å²) < 4.78 is 10.6. The zero-order valence-corrected chi connectivity index (χ0v) is 19.6. The van der Waals surface area contributed by atoms with Gasteiger partial charge in [-0.1, -0.05) is 28.1 Å². The molecule has 5 aromatic rings. The Morgan fingerprint density at radius 2 is 1.91 bits per heavy atom. The van der Waals surface area contributed by atoms with Crippen LogP contribution in [-0.2, 0) is 13.1 Å². The molecule has 0 atom stereocenters. The number of amides is 1. The number of fused-ring (bicyclic) bond motifs is 3. The molecule has 0 spiro atoms. The molecular weight excluding hydrogens is 470 g/mol. The van der Waals surface area contributed by atoms with E-state index >= 15 is 0 Å². The van der Waals surface area contributed by atoms with Crippen LogP contribution in [0.5, 0.6) is 0 Å². The van der Waals surface area contributed by atoms with Crippen molar-refractivity contribution in [2.24, 2.45) is 0 Å². The summed E-state index contributed by atoms with van der Waals surface area (Å²) in [5.74, 6) is 1.08. The Hall–Kier alpha value is -3.39. The Balaban J connectivity index is 1.64. The fraction of sp³-hybridized carbons (Fsp3) is 0.208. The third kappa shape index (κ3) is 3.60. The molecule has 0 bridgehead atoms. The normalized spacial score (nSPS) is 11.5. The zero-order valence-electron chi connectivity index (χ0n) is 18.0. The van der Waals surface area contributed by atoms with Crippen LogP contribution in [0.2, 0.25) is 0 Å². The van der Waals surface area contributed by atoms with Crippen molar-refractivity contribution in [3.8, 4) is 0 Å². The second-order valence-electron chi connectivity index (χ2n) is 7.79. The Bertz CT molecular complexity index is 1460. The molecule has 8 heteroatoms. The minimum Gasteiger partial charge on any atom is -0.461 e. The van der Waals surface area contributed by atoms with Gasteiger partial charge in [-0.3, -0.25) is 14.8 Å². The number of halogens is 1. The van der Waals surface area contributed by atoms with Crippen LogP contribution >= 0.6 is 15.9 Å². The largest absolute Gasteiger partial charge is 0.461 e. The highest BCUT2D eigenvalue weighted by atomic mass is 79.9. The first kappa shape index (κ1) is 20.5. The van der Waals surface area contributed by atoms with Gasteiger partial charge in [0, 0.05) is 16.4 Å². The van der Waals surface area contributed by atoms with Gasteiger partial charge in [0.15, 0.2) is 0 Å². The van der Waals surface area contributed by atoms with Crippen LogP contribution in [0.15, 0.2) is 57.4 Å². The second kappa shape index (κ2) is 7.94. The number of nitrogens with one attached hydrogen (secondary N) is 1. The summed E-state index contributed by atoms with van der Waals surface area (Å²) in [5.41, 5.74) is 4.93. The molecule has 2 aromatic carbocycles. The van der Waals surface area contributed by atoms with Gasteiger partial charge < -0.3 is 8.98 Å². The predicted molar refractivity (Wildman–Crippen MR) is 128 cm³/mol. The van der Waals surface area contributed by atoms with Crippen molar-refractivity contribution in [1.29, 1.82) is 0 Å².